The summed E-state index contributed by atoms with van der Waals surface area (Å²) in [5, 5.41) is 11.0. The third-order valence-electron chi connectivity index (χ3n) is 4.91. The molecule has 0 radical (unpaired) electrons. The van der Waals surface area contributed by atoms with Gasteiger partial charge < -0.3 is 19.3 Å². The van der Waals surface area contributed by atoms with Crippen LogP contribution in [-0.4, -0.2) is 24.8 Å². The fraction of sp³-hybridized carbons (Fsp3) is 0.348. The number of aromatic hydroxyl groups is 1. The van der Waals surface area contributed by atoms with E-state index in [1.807, 2.05) is 42.5 Å². The smallest absolute Gasteiger partial charge is 0.305 e. The number of phenols is 1. The standard InChI is InChI=1S/C23H25ClO5/c1-27-21(26)14-4-2-3-9-16-15-28-23(17-10-5-7-12-19(17)24)29-22(16)18-11-6-8-13-20(18)25/h2-3,5-8,10-13,16,22-23,25H,4,9,14-15H2,1H3/b3-2-/t16-,22+,23?/m1/s1. The van der Waals surface area contributed by atoms with Gasteiger partial charge in [-0.05, 0) is 25.0 Å². The molecule has 0 spiro atoms. The van der Waals surface area contributed by atoms with E-state index in [9.17, 15) is 9.90 Å². The molecule has 0 aromatic heterocycles. The summed E-state index contributed by atoms with van der Waals surface area (Å²) in [7, 11) is 1.38. The first kappa shape index (κ1) is 21.4. The van der Waals surface area contributed by atoms with Gasteiger partial charge in [0, 0.05) is 28.5 Å². The molecule has 1 saturated heterocycles. The van der Waals surface area contributed by atoms with Gasteiger partial charge in [0.15, 0.2) is 6.29 Å². The van der Waals surface area contributed by atoms with Gasteiger partial charge in [0.05, 0.1) is 19.8 Å². The molecule has 1 fully saturated rings. The van der Waals surface area contributed by atoms with E-state index in [4.69, 9.17) is 21.1 Å². The van der Waals surface area contributed by atoms with Crippen molar-refractivity contribution in [1.29, 1.82) is 0 Å². The predicted molar refractivity (Wildman–Crippen MR) is 111 cm³/mol. The van der Waals surface area contributed by atoms with Gasteiger partial charge in [-0.2, -0.15) is 0 Å². The Morgan fingerprint density at radius 2 is 1.90 bits per heavy atom. The quantitative estimate of drug-likeness (QED) is 0.487. The first-order valence-corrected chi connectivity index (χ1v) is 9.99. The molecule has 1 aliphatic heterocycles. The molecule has 29 heavy (non-hydrogen) atoms. The number of ether oxygens (including phenoxy) is 3. The van der Waals surface area contributed by atoms with Gasteiger partial charge in [-0.15, -0.1) is 0 Å². The lowest BCUT2D eigenvalue weighted by Crippen LogP contribution is -2.30. The summed E-state index contributed by atoms with van der Waals surface area (Å²) in [6, 6.07) is 14.6. The molecule has 6 heteroatoms. The lowest BCUT2D eigenvalue weighted by molar-refractivity contribution is -0.244. The van der Waals surface area contributed by atoms with Gasteiger partial charge in [0.25, 0.3) is 0 Å². The first-order chi connectivity index (χ1) is 14.1. The topological polar surface area (TPSA) is 65.0 Å². The van der Waals surface area contributed by atoms with E-state index in [-0.39, 0.29) is 23.7 Å². The molecule has 1 aliphatic rings. The second-order valence-corrected chi connectivity index (χ2v) is 7.29. The molecule has 2 aromatic carbocycles. The highest BCUT2D eigenvalue weighted by Gasteiger charge is 2.35. The molecule has 0 amide bonds. The second-order valence-electron chi connectivity index (χ2n) is 6.88. The maximum Gasteiger partial charge on any atom is 0.305 e. The van der Waals surface area contributed by atoms with Crippen LogP contribution in [0.3, 0.4) is 0 Å². The van der Waals surface area contributed by atoms with Crippen molar-refractivity contribution < 1.29 is 24.1 Å². The number of hydrogen-bond donors (Lipinski definition) is 1. The number of benzene rings is 2. The molecule has 0 saturated carbocycles. The van der Waals surface area contributed by atoms with E-state index < -0.39 is 6.29 Å². The minimum Gasteiger partial charge on any atom is -0.508 e. The molecule has 3 rings (SSSR count). The highest BCUT2D eigenvalue weighted by molar-refractivity contribution is 6.31. The maximum absolute atomic E-state index is 11.2. The highest BCUT2D eigenvalue weighted by Crippen LogP contribution is 2.43. The number of phenolic OH excluding ortho intramolecular Hbond substituents is 1. The lowest BCUT2D eigenvalue weighted by Gasteiger charge is -2.37. The second kappa shape index (κ2) is 10.4. The molecule has 2 aromatic rings. The van der Waals surface area contributed by atoms with Crippen LogP contribution in [0, 0.1) is 5.92 Å². The van der Waals surface area contributed by atoms with Crippen molar-refractivity contribution in [2.24, 2.45) is 5.92 Å². The van der Waals surface area contributed by atoms with E-state index in [0.717, 1.165) is 11.1 Å². The average Bonchev–Trinajstić information content (AvgIpc) is 2.74. The molecule has 5 nitrogen and oxygen atoms in total. The first-order valence-electron chi connectivity index (χ1n) is 9.61. The SMILES string of the molecule is COC(=O)CC/C=C\C[C@@H]1COC(c2ccccc2Cl)O[C@@H]1c1ccccc1O. The summed E-state index contributed by atoms with van der Waals surface area (Å²) in [6.07, 6.45) is 4.67. The zero-order valence-corrected chi connectivity index (χ0v) is 17.0. The van der Waals surface area contributed by atoms with E-state index in [2.05, 4.69) is 4.74 Å². The number of carbonyl (C=O) groups is 1. The highest BCUT2D eigenvalue weighted by atomic mass is 35.5. The molecular formula is C23H25ClO5. The Morgan fingerprint density at radius 3 is 2.62 bits per heavy atom. The van der Waals surface area contributed by atoms with E-state index in [0.29, 0.717) is 30.9 Å². The molecule has 1 unspecified atom stereocenters. The maximum atomic E-state index is 11.2. The number of esters is 1. The van der Waals surface area contributed by atoms with Crippen molar-refractivity contribution in [3.05, 3.63) is 76.8 Å². The summed E-state index contributed by atoms with van der Waals surface area (Å²) in [6.45, 7) is 0.455. The third-order valence-corrected chi connectivity index (χ3v) is 5.25. The zero-order chi connectivity index (χ0) is 20.6. The van der Waals surface area contributed by atoms with Gasteiger partial charge in [0.1, 0.15) is 5.75 Å². The van der Waals surface area contributed by atoms with E-state index in [1.54, 1.807) is 18.2 Å². The van der Waals surface area contributed by atoms with E-state index >= 15 is 0 Å². The minimum atomic E-state index is -0.604. The van der Waals surface area contributed by atoms with Crippen molar-refractivity contribution in [2.45, 2.75) is 31.7 Å². The Labute approximate surface area is 175 Å². The summed E-state index contributed by atoms with van der Waals surface area (Å²) < 4.78 is 16.9. The van der Waals surface area contributed by atoms with Crippen LogP contribution in [0.25, 0.3) is 0 Å². The summed E-state index contributed by atoms with van der Waals surface area (Å²) in [5.74, 6) is -0.0259. The van der Waals surface area contributed by atoms with Gasteiger partial charge in [-0.1, -0.05) is 60.2 Å². The molecule has 0 bridgehead atoms. The number of carbonyl (C=O) groups excluding carboxylic acids is 1. The Bertz CT molecular complexity index is 851. The summed E-state index contributed by atoms with van der Waals surface area (Å²) in [5.41, 5.74) is 1.49. The van der Waals surface area contributed by atoms with Crippen LogP contribution in [0.15, 0.2) is 60.7 Å². The number of methoxy groups -OCH3 is 1. The van der Waals surface area contributed by atoms with Crippen LogP contribution >= 0.6 is 11.6 Å². The summed E-state index contributed by atoms with van der Waals surface area (Å²) in [4.78, 5) is 11.2. The Balaban J connectivity index is 1.74. The zero-order valence-electron chi connectivity index (χ0n) is 16.3. The van der Waals surface area contributed by atoms with Crippen LogP contribution in [0.5, 0.6) is 5.75 Å². The van der Waals surface area contributed by atoms with Gasteiger partial charge in [-0.3, -0.25) is 4.79 Å². The van der Waals surface area contributed by atoms with Gasteiger partial charge in [0.2, 0.25) is 0 Å². The third kappa shape index (κ3) is 5.60. The average molecular weight is 417 g/mol. The molecular weight excluding hydrogens is 392 g/mol. The number of hydrogen-bond acceptors (Lipinski definition) is 5. The number of para-hydroxylation sites is 1. The fourth-order valence-electron chi connectivity index (χ4n) is 3.35. The number of rotatable bonds is 7. The molecule has 1 heterocycles. The van der Waals surface area contributed by atoms with Crippen LogP contribution in [0.2, 0.25) is 5.02 Å². The van der Waals surface area contributed by atoms with Crippen molar-refractivity contribution in [3.63, 3.8) is 0 Å². The lowest BCUT2D eigenvalue weighted by atomic mass is 9.91. The van der Waals surface area contributed by atoms with Crippen LogP contribution < -0.4 is 0 Å². The summed E-state index contributed by atoms with van der Waals surface area (Å²) >= 11 is 6.32. The molecule has 1 N–H and O–H groups in total. The van der Waals surface area contributed by atoms with Crippen LogP contribution in [-0.2, 0) is 19.0 Å². The van der Waals surface area contributed by atoms with Crippen molar-refractivity contribution in [2.75, 3.05) is 13.7 Å². The Kier molecular flexibility index (Phi) is 7.69. The van der Waals surface area contributed by atoms with E-state index in [1.165, 1.54) is 7.11 Å². The Hall–Kier alpha value is -2.34. The molecule has 3 atom stereocenters. The van der Waals surface area contributed by atoms with Crippen molar-refractivity contribution in [1.82, 2.24) is 0 Å². The normalized spacial score (nSPS) is 21.9. The number of allylic oxidation sites excluding steroid dienone is 2. The van der Waals surface area contributed by atoms with Crippen LogP contribution in [0.4, 0.5) is 0 Å². The predicted octanol–water partition coefficient (Wildman–Crippen LogP) is 5.35. The monoisotopic (exact) mass is 416 g/mol. The largest absolute Gasteiger partial charge is 0.508 e. The Morgan fingerprint density at radius 1 is 1.17 bits per heavy atom. The molecule has 154 valence electrons. The van der Waals surface area contributed by atoms with Gasteiger partial charge in [-0.25, -0.2) is 0 Å². The fourth-order valence-corrected chi connectivity index (χ4v) is 3.58. The minimum absolute atomic E-state index is 0.0106. The van der Waals surface area contributed by atoms with Gasteiger partial charge >= 0.3 is 5.97 Å². The van der Waals surface area contributed by atoms with Crippen LogP contribution in [0.1, 0.15) is 42.8 Å². The van der Waals surface area contributed by atoms with Crippen molar-refractivity contribution >= 4 is 17.6 Å². The number of halogens is 1. The van der Waals surface area contributed by atoms with Crippen molar-refractivity contribution in [3.8, 4) is 5.75 Å². The molecule has 0 aliphatic carbocycles.